The van der Waals surface area contributed by atoms with Crippen LogP contribution in [0.5, 0.6) is 5.75 Å². The fraction of sp³-hybridized carbons (Fsp3) is 0.480. The SMILES string of the molecule is CCOc1ccccc1N1CC[NH+]([C@H](C)C(=O)NC[C@@H](CC)c2ccccc2)CC1. The summed E-state index contributed by atoms with van der Waals surface area (Å²) < 4.78 is 5.79. The first-order valence-corrected chi connectivity index (χ1v) is 11.3. The fourth-order valence-corrected chi connectivity index (χ4v) is 4.25. The number of hydrogen-bond acceptors (Lipinski definition) is 3. The lowest BCUT2D eigenvalue weighted by Crippen LogP contribution is -3.19. The van der Waals surface area contributed by atoms with E-state index in [2.05, 4.69) is 60.5 Å². The van der Waals surface area contributed by atoms with Gasteiger partial charge in [0.2, 0.25) is 0 Å². The van der Waals surface area contributed by atoms with Crippen molar-refractivity contribution in [2.75, 3.05) is 44.2 Å². The van der Waals surface area contributed by atoms with Crippen molar-refractivity contribution in [2.24, 2.45) is 0 Å². The summed E-state index contributed by atoms with van der Waals surface area (Å²) in [6, 6.07) is 18.7. The third kappa shape index (κ3) is 5.54. The zero-order valence-corrected chi connectivity index (χ0v) is 18.6. The standard InChI is InChI=1S/C25H35N3O2/c1-4-21(22-11-7-6-8-12-22)19-26-25(29)20(3)27-15-17-28(18-16-27)23-13-9-10-14-24(23)30-5-2/h6-14,20-21H,4-5,15-19H2,1-3H3,(H,26,29)/p+1/t20-,21-/m1/s1. The van der Waals surface area contributed by atoms with E-state index in [1.807, 2.05) is 25.1 Å². The number of ether oxygens (including phenoxy) is 1. The zero-order valence-electron chi connectivity index (χ0n) is 18.6. The number of carbonyl (C=O) groups is 1. The summed E-state index contributed by atoms with van der Waals surface area (Å²) in [7, 11) is 0. The number of anilines is 1. The Bertz CT molecular complexity index is 788. The molecule has 2 N–H and O–H groups in total. The maximum Gasteiger partial charge on any atom is 0.278 e. The molecule has 1 heterocycles. The Morgan fingerprint density at radius 1 is 1.07 bits per heavy atom. The molecule has 1 aliphatic heterocycles. The minimum Gasteiger partial charge on any atom is -0.492 e. The van der Waals surface area contributed by atoms with Gasteiger partial charge in [0, 0.05) is 12.5 Å². The average Bonchev–Trinajstić information content (AvgIpc) is 2.80. The van der Waals surface area contributed by atoms with Crippen molar-refractivity contribution >= 4 is 11.6 Å². The fourth-order valence-electron chi connectivity index (χ4n) is 4.25. The van der Waals surface area contributed by atoms with Gasteiger partial charge in [-0.2, -0.15) is 0 Å². The highest BCUT2D eigenvalue weighted by Gasteiger charge is 2.30. The van der Waals surface area contributed by atoms with Crippen LogP contribution >= 0.6 is 0 Å². The highest BCUT2D eigenvalue weighted by Crippen LogP contribution is 2.27. The second kappa shape index (κ2) is 11.0. The van der Waals surface area contributed by atoms with Crippen LogP contribution in [0.15, 0.2) is 54.6 Å². The van der Waals surface area contributed by atoms with Crippen molar-refractivity contribution in [3.63, 3.8) is 0 Å². The molecule has 0 radical (unpaired) electrons. The normalized spacial score (nSPS) is 16.7. The summed E-state index contributed by atoms with van der Waals surface area (Å²) in [5.74, 6) is 1.47. The third-order valence-electron chi connectivity index (χ3n) is 6.20. The number of rotatable bonds is 9. The van der Waals surface area contributed by atoms with Crippen LogP contribution < -0.4 is 19.9 Å². The van der Waals surface area contributed by atoms with E-state index in [1.165, 1.54) is 10.5 Å². The van der Waals surface area contributed by atoms with E-state index in [4.69, 9.17) is 4.74 Å². The van der Waals surface area contributed by atoms with Gasteiger partial charge in [-0.15, -0.1) is 0 Å². The van der Waals surface area contributed by atoms with Crippen molar-refractivity contribution in [1.82, 2.24) is 5.32 Å². The van der Waals surface area contributed by atoms with Gasteiger partial charge in [-0.05, 0) is 38.0 Å². The molecule has 1 saturated heterocycles. The molecule has 1 fully saturated rings. The number of nitrogens with one attached hydrogen (secondary N) is 2. The van der Waals surface area contributed by atoms with Gasteiger partial charge in [0.1, 0.15) is 5.75 Å². The average molecular weight is 411 g/mol. The number of para-hydroxylation sites is 2. The molecule has 5 nitrogen and oxygen atoms in total. The summed E-state index contributed by atoms with van der Waals surface area (Å²) in [6.07, 6.45) is 1.02. The van der Waals surface area contributed by atoms with E-state index in [9.17, 15) is 4.79 Å². The minimum absolute atomic E-state index is 0.0393. The Labute approximate surface area is 181 Å². The molecule has 1 aliphatic rings. The molecule has 5 heteroatoms. The number of benzene rings is 2. The van der Waals surface area contributed by atoms with Gasteiger partial charge in [-0.3, -0.25) is 4.79 Å². The zero-order chi connectivity index (χ0) is 21.3. The second-order valence-corrected chi connectivity index (χ2v) is 8.03. The van der Waals surface area contributed by atoms with E-state index in [0.29, 0.717) is 19.1 Å². The van der Waals surface area contributed by atoms with Crippen LogP contribution in [0.1, 0.15) is 38.7 Å². The highest BCUT2D eigenvalue weighted by atomic mass is 16.5. The van der Waals surface area contributed by atoms with Crippen LogP contribution in [0.4, 0.5) is 5.69 Å². The van der Waals surface area contributed by atoms with Gasteiger partial charge in [-0.25, -0.2) is 0 Å². The monoisotopic (exact) mass is 410 g/mol. The molecule has 2 atom stereocenters. The van der Waals surface area contributed by atoms with Gasteiger partial charge in [0.05, 0.1) is 38.5 Å². The maximum absolute atomic E-state index is 12.8. The molecule has 3 rings (SSSR count). The summed E-state index contributed by atoms with van der Waals surface area (Å²) in [5.41, 5.74) is 2.45. The van der Waals surface area contributed by atoms with Crippen LogP contribution in [0.2, 0.25) is 0 Å². The lowest BCUT2D eigenvalue weighted by Gasteiger charge is -2.36. The first-order chi connectivity index (χ1) is 14.6. The van der Waals surface area contributed by atoms with Crippen molar-refractivity contribution in [3.05, 3.63) is 60.2 Å². The van der Waals surface area contributed by atoms with E-state index >= 15 is 0 Å². The van der Waals surface area contributed by atoms with Crippen molar-refractivity contribution < 1.29 is 14.4 Å². The second-order valence-electron chi connectivity index (χ2n) is 8.03. The van der Waals surface area contributed by atoms with Crippen LogP contribution in [0.3, 0.4) is 0 Å². The number of amides is 1. The molecule has 1 amide bonds. The van der Waals surface area contributed by atoms with Crippen molar-refractivity contribution in [3.8, 4) is 5.75 Å². The van der Waals surface area contributed by atoms with Gasteiger partial charge in [0.25, 0.3) is 5.91 Å². The molecule has 2 aromatic carbocycles. The molecular formula is C25H36N3O2+. The van der Waals surface area contributed by atoms with Crippen LogP contribution in [-0.2, 0) is 4.79 Å². The molecule has 2 aromatic rings. The van der Waals surface area contributed by atoms with Gasteiger partial charge in [0.15, 0.2) is 6.04 Å². The lowest BCUT2D eigenvalue weighted by atomic mass is 9.96. The Kier molecular flexibility index (Phi) is 8.14. The van der Waals surface area contributed by atoms with Gasteiger partial charge < -0.3 is 19.9 Å². The molecule has 0 aromatic heterocycles. The predicted molar refractivity (Wildman–Crippen MR) is 122 cm³/mol. The first-order valence-electron chi connectivity index (χ1n) is 11.3. The topological polar surface area (TPSA) is 46.0 Å². The molecule has 0 saturated carbocycles. The van der Waals surface area contributed by atoms with Crippen molar-refractivity contribution in [2.45, 2.75) is 39.2 Å². The van der Waals surface area contributed by atoms with Gasteiger partial charge >= 0.3 is 0 Å². The summed E-state index contributed by atoms with van der Waals surface area (Å²) in [5, 5.41) is 3.20. The Morgan fingerprint density at radius 3 is 2.40 bits per heavy atom. The minimum atomic E-state index is -0.0393. The first kappa shape index (κ1) is 22.2. The maximum atomic E-state index is 12.8. The van der Waals surface area contributed by atoms with E-state index < -0.39 is 0 Å². The van der Waals surface area contributed by atoms with Crippen molar-refractivity contribution in [1.29, 1.82) is 0 Å². The summed E-state index contributed by atoms with van der Waals surface area (Å²) in [6.45, 7) is 11.4. The molecule has 0 aliphatic carbocycles. The largest absolute Gasteiger partial charge is 0.492 e. The third-order valence-corrected chi connectivity index (χ3v) is 6.20. The summed E-state index contributed by atoms with van der Waals surface area (Å²) >= 11 is 0. The van der Waals surface area contributed by atoms with Crippen LogP contribution in [0, 0.1) is 0 Å². The Balaban J connectivity index is 1.51. The molecule has 162 valence electrons. The molecule has 0 spiro atoms. The molecular weight excluding hydrogens is 374 g/mol. The van der Waals surface area contributed by atoms with Crippen LogP contribution in [0.25, 0.3) is 0 Å². The predicted octanol–water partition coefficient (Wildman–Crippen LogP) is 2.49. The number of carbonyl (C=O) groups excluding carboxylic acids is 1. The van der Waals surface area contributed by atoms with Gasteiger partial charge in [-0.1, -0.05) is 49.4 Å². The lowest BCUT2D eigenvalue weighted by molar-refractivity contribution is -0.914. The number of nitrogens with zero attached hydrogens (tertiary/aromatic N) is 1. The number of piperazine rings is 1. The molecule has 0 bridgehead atoms. The van der Waals surface area contributed by atoms with E-state index in [-0.39, 0.29) is 11.9 Å². The molecule has 30 heavy (non-hydrogen) atoms. The number of quaternary nitrogens is 1. The Hall–Kier alpha value is -2.53. The summed E-state index contributed by atoms with van der Waals surface area (Å²) in [4.78, 5) is 16.5. The van der Waals surface area contributed by atoms with Crippen LogP contribution in [-0.4, -0.2) is 51.3 Å². The van der Waals surface area contributed by atoms with E-state index in [1.54, 1.807) is 0 Å². The Morgan fingerprint density at radius 2 is 1.73 bits per heavy atom. The smallest absolute Gasteiger partial charge is 0.278 e. The highest BCUT2D eigenvalue weighted by molar-refractivity contribution is 5.80. The number of hydrogen-bond donors (Lipinski definition) is 2. The quantitative estimate of drug-likeness (QED) is 0.668. The van der Waals surface area contributed by atoms with E-state index in [0.717, 1.165) is 44.0 Å². The molecule has 0 unspecified atom stereocenters.